The molecule has 0 unspecified atom stereocenters. The highest BCUT2D eigenvalue weighted by atomic mass is 16.2. The summed E-state index contributed by atoms with van der Waals surface area (Å²) in [5.41, 5.74) is 2.99. The molecular weight excluding hydrogens is 186 g/mol. The molecule has 0 aliphatic carbocycles. The molecule has 2 nitrogen and oxygen atoms in total. The Kier molecular flexibility index (Phi) is 2.10. The van der Waals surface area contributed by atoms with Crippen molar-refractivity contribution in [3.05, 3.63) is 29.3 Å². The van der Waals surface area contributed by atoms with Crippen LogP contribution in [-0.2, 0) is 10.2 Å². The van der Waals surface area contributed by atoms with Gasteiger partial charge in [0.1, 0.15) is 0 Å². The highest BCUT2D eigenvalue weighted by molar-refractivity contribution is 6.05. The van der Waals surface area contributed by atoms with Crippen LogP contribution in [-0.4, -0.2) is 5.91 Å². The Labute approximate surface area is 90.7 Å². The number of fused-ring (bicyclic) bond motifs is 1. The lowest BCUT2D eigenvalue weighted by Gasteiger charge is -2.16. The topological polar surface area (TPSA) is 29.1 Å². The van der Waals surface area contributed by atoms with Crippen LogP contribution in [0.5, 0.6) is 0 Å². The van der Waals surface area contributed by atoms with E-state index in [0.29, 0.717) is 5.92 Å². The molecule has 1 aromatic carbocycles. The molecular formula is C13H17NO. The van der Waals surface area contributed by atoms with Crippen LogP contribution in [0.1, 0.15) is 44.7 Å². The van der Waals surface area contributed by atoms with Crippen molar-refractivity contribution >= 4 is 11.6 Å². The summed E-state index contributed by atoms with van der Waals surface area (Å²) in [5, 5.41) is 2.91. The minimum absolute atomic E-state index is 0.0957. The van der Waals surface area contributed by atoms with Crippen molar-refractivity contribution in [1.82, 2.24) is 0 Å². The molecule has 15 heavy (non-hydrogen) atoms. The van der Waals surface area contributed by atoms with Crippen LogP contribution in [0.15, 0.2) is 18.2 Å². The monoisotopic (exact) mass is 203 g/mol. The average molecular weight is 203 g/mol. The fraction of sp³-hybridized carbons (Fsp3) is 0.462. The molecule has 1 N–H and O–H groups in total. The number of amides is 1. The highest BCUT2D eigenvalue weighted by Gasteiger charge is 2.38. The minimum atomic E-state index is -0.389. The lowest BCUT2D eigenvalue weighted by atomic mass is 9.84. The molecule has 1 amide bonds. The Bertz CT molecular complexity index is 419. The molecule has 0 spiro atoms. The van der Waals surface area contributed by atoms with Crippen molar-refractivity contribution in [2.24, 2.45) is 0 Å². The van der Waals surface area contributed by atoms with Crippen molar-refractivity contribution in [3.63, 3.8) is 0 Å². The van der Waals surface area contributed by atoms with Gasteiger partial charge in [-0.3, -0.25) is 4.79 Å². The van der Waals surface area contributed by atoms with Gasteiger partial charge in [0.05, 0.1) is 5.41 Å². The smallest absolute Gasteiger partial charge is 0.234 e. The standard InChI is InChI=1S/C13H17NO/c1-8(2)9-5-6-11-10(7-9)13(3,4)12(15)14-11/h5-8H,1-4H3,(H,14,15). The average Bonchev–Trinajstić information content (AvgIpc) is 2.38. The summed E-state index contributed by atoms with van der Waals surface area (Å²) in [7, 11) is 0. The third-order valence-electron chi connectivity index (χ3n) is 3.20. The zero-order valence-electron chi connectivity index (χ0n) is 9.72. The van der Waals surface area contributed by atoms with Crippen molar-refractivity contribution in [1.29, 1.82) is 0 Å². The van der Waals surface area contributed by atoms with Gasteiger partial charge in [0.15, 0.2) is 0 Å². The predicted molar refractivity (Wildman–Crippen MR) is 62.2 cm³/mol. The Morgan fingerprint density at radius 1 is 1.27 bits per heavy atom. The summed E-state index contributed by atoms with van der Waals surface area (Å²) in [6.45, 7) is 8.27. The van der Waals surface area contributed by atoms with E-state index in [1.807, 2.05) is 19.9 Å². The lowest BCUT2D eigenvalue weighted by molar-refractivity contribution is -0.119. The molecule has 1 aliphatic heterocycles. The van der Waals surface area contributed by atoms with Gasteiger partial charge in [0.25, 0.3) is 0 Å². The Hall–Kier alpha value is -1.31. The predicted octanol–water partition coefficient (Wildman–Crippen LogP) is 3.04. The van der Waals surface area contributed by atoms with E-state index < -0.39 is 0 Å². The van der Waals surface area contributed by atoms with Gasteiger partial charge in [0, 0.05) is 5.69 Å². The van der Waals surface area contributed by atoms with E-state index >= 15 is 0 Å². The maximum Gasteiger partial charge on any atom is 0.234 e. The molecule has 2 rings (SSSR count). The van der Waals surface area contributed by atoms with Gasteiger partial charge in [0.2, 0.25) is 5.91 Å². The fourth-order valence-corrected chi connectivity index (χ4v) is 1.95. The van der Waals surface area contributed by atoms with Gasteiger partial charge in [-0.1, -0.05) is 26.0 Å². The van der Waals surface area contributed by atoms with Gasteiger partial charge < -0.3 is 5.32 Å². The van der Waals surface area contributed by atoms with E-state index in [1.165, 1.54) is 5.56 Å². The van der Waals surface area contributed by atoms with Crippen molar-refractivity contribution in [3.8, 4) is 0 Å². The number of benzene rings is 1. The van der Waals surface area contributed by atoms with Gasteiger partial charge in [-0.05, 0) is 37.0 Å². The first-order valence-electron chi connectivity index (χ1n) is 5.39. The zero-order valence-corrected chi connectivity index (χ0v) is 9.72. The number of carbonyl (C=O) groups excluding carboxylic acids is 1. The van der Waals surface area contributed by atoms with Gasteiger partial charge in [-0.15, -0.1) is 0 Å². The molecule has 0 saturated heterocycles. The molecule has 0 saturated carbocycles. The maximum atomic E-state index is 11.7. The van der Waals surface area contributed by atoms with Crippen molar-refractivity contribution in [2.45, 2.75) is 39.0 Å². The van der Waals surface area contributed by atoms with Crippen LogP contribution in [0, 0.1) is 0 Å². The first-order chi connectivity index (χ1) is 6.93. The molecule has 80 valence electrons. The van der Waals surface area contributed by atoms with Gasteiger partial charge in [-0.25, -0.2) is 0 Å². The third kappa shape index (κ3) is 1.44. The van der Waals surface area contributed by atoms with Crippen LogP contribution in [0.3, 0.4) is 0 Å². The van der Waals surface area contributed by atoms with Crippen LogP contribution in [0.25, 0.3) is 0 Å². The Morgan fingerprint density at radius 3 is 2.53 bits per heavy atom. The number of carbonyl (C=O) groups is 1. The van der Waals surface area contributed by atoms with E-state index in [2.05, 4.69) is 31.3 Å². The summed E-state index contributed by atoms with van der Waals surface area (Å²) in [5.74, 6) is 0.597. The summed E-state index contributed by atoms with van der Waals surface area (Å²) >= 11 is 0. The van der Waals surface area contributed by atoms with E-state index in [9.17, 15) is 4.79 Å². The second kappa shape index (κ2) is 3.09. The lowest BCUT2D eigenvalue weighted by Crippen LogP contribution is -2.26. The van der Waals surface area contributed by atoms with Crippen LogP contribution in [0.4, 0.5) is 5.69 Å². The molecule has 2 heteroatoms. The summed E-state index contributed by atoms with van der Waals surface area (Å²) in [6, 6.07) is 6.25. The molecule has 0 aromatic heterocycles. The summed E-state index contributed by atoms with van der Waals surface area (Å²) < 4.78 is 0. The summed E-state index contributed by atoms with van der Waals surface area (Å²) in [4.78, 5) is 11.7. The largest absolute Gasteiger partial charge is 0.325 e. The van der Waals surface area contributed by atoms with Crippen LogP contribution >= 0.6 is 0 Å². The van der Waals surface area contributed by atoms with Crippen molar-refractivity contribution in [2.75, 3.05) is 5.32 Å². The van der Waals surface area contributed by atoms with Crippen LogP contribution in [0.2, 0.25) is 0 Å². The Balaban J connectivity index is 2.55. The number of rotatable bonds is 1. The molecule has 0 radical (unpaired) electrons. The van der Waals surface area contributed by atoms with E-state index in [0.717, 1.165) is 11.3 Å². The van der Waals surface area contributed by atoms with E-state index in [4.69, 9.17) is 0 Å². The quantitative estimate of drug-likeness (QED) is 0.746. The first kappa shape index (κ1) is 10.2. The first-order valence-corrected chi connectivity index (χ1v) is 5.39. The zero-order chi connectivity index (χ0) is 11.2. The Morgan fingerprint density at radius 2 is 1.93 bits per heavy atom. The minimum Gasteiger partial charge on any atom is -0.325 e. The number of hydrogen-bond donors (Lipinski definition) is 1. The molecule has 1 aromatic rings. The van der Waals surface area contributed by atoms with E-state index in [-0.39, 0.29) is 11.3 Å². The molecule has 0 atom stereocenters. The molecule has 0 bridgehead atoms. The van der Waals surface area contributed by atoms with E-state index in [1.54, 1.807) is 0 Å². The molecule has 1 heterocycles. The number of anilines is 1. The molecule has 1 aliphatic rings. The SMILES string of the molecule is CC(C)c1ccc2c(c1)C(C)(C)C(=O)N2. The normalized spacial score (nSPS) is 17.8. The number of nitrogens with one attached hydrogen (secondary N) is 1. The van der Waals surface area contributed by atoms with Crippen LogP contribution < -0.4 is 5.32 Å². The van der Waals surface area contributed by atoms with Gasteiger partial charge in [-0.2, -0.15) is 0 Å². The number of hydrogen-bond acceptors (Lipinski definition) is 1. The van der Waals surface area contributed by atoms with Gasteiger partial charge >= 0.3 is 0 Å². The fourth-order valence-electron chi connectivity index (χ4n) is 1.95. The highest BCUT2D eigenvalue weighted by Crippen LogP contribution is 2.38. The summed E-state index contributed by atoms with van der Waals surface area (Å²) in [6.07, 6.45) is 0. The second-order valence-corrected chi connectivity index (χ2v) is 5.04. The maximum absolute atomic E-state index is 11.7. The van der Waals surface area contributed by atoms with Crippen molar-refractivity contribution < 1.29 is 4.79 Å². The third-order valence-corrected chi connectivity index (χ3v) is 3.20. The second-order valence-electron chi connectivity index (χ2n) is 5.04. The molecule has 0 fully saturated rings.